The number of anilines is 6. The molecule has 0 saturated heterocycles. The molecule has 3 nitrogen and oxygen atoms in total. The summed E-state index contributed by atoms with van der Waals surface area (Å²) < 4.78 is 22.4. The fourth-order valence-corrected chi connectivity index (χ4v) is 9.85. The normalized spacial score (nSPS) is 13.2. The maximum atomic E-state index is 16.0. The molecule has 61 heavy (non-hydrogen) atoms. The van der Waals surface area contributed by atoms with Crippen molar-refractivity contribution >= 4 is 56.1 Å². The number of fused-ring (bicyclic) bond motifs is 11. The Morgan fingerprint density at radius 2 is 0.869 bits per heavy atom. The van der Waals surface area contributed by atoms with Gasteiger partial charge in [0.25, 0.3) is 0 Å². The first-order valence-electron chi connectivity index (χ1n) is 21.0. The summed E-state index contributed by atoms with van der Waals surface area (Å²) in [4.78, 5) is 4.65. The van der Waals surface area contributed by atoms with Crippen molar-refractivity contribution < 1.29 is 8.81 Å². The van der Waals surface area contributed by atoms with E-state index < -0.39 is 5.41 Å². The highest BCUT2D eigenvalue weighted by molar-refractivity contribution is 6.09. The summed E-state index contributed by atoms with van der Waals surface area (Å²) >= 11 is 0. The molecular formula is C57H41FN2O. The minimum atomic E-state index is -0.824. The average Bonchev–Trinajstić information content (AvgIpc) is 3.72. The van der Waals surface area contributed by atoms with E-state index in [0.717, 1.165) is 95.0 Å². The molecule has 0 unspecified atom stereocenters. The van der Waals surface area contributed by atoms with Crippen molar-refractivity contribution in [2.45, 2.75) is 19.3 Å². The molecule has 0 bridgehead atoms. The van der Waals surface area contributed by atoms with Gasteiger partial charge in [-0.15, -0.1) is 0 Å². The van der Waals surface area contributed by atoms with Gasteiger partial charge in [-0.25, -0.2) is 4.39 Å². The molecule has 0 atom stereocenters. The molecule has 1 spiro atoms. The number of hydrogen-bond acceptors (Lipinski definition) is 3. The standard InChI is InChI=1S/C55H35FN2O.C2H6/c56-39-29-34-52-48(35-39)55(45-18-5-8-21-49(45)57(50-22-9-6-19-46(50)55)40-30-25-37(26-31-40)36-13-2-1-3-14-36)47-20-7-10-23-51(47)58(52)41-32-27-38(28-33-41)42-16-12-17-44-43-15-4-11-24-53(43)59-54(42)44;1-2/h1-35H;1-2H3. The Labute approximate surface area is 355 Å². The molecule has 12 rings (SSSR count). The van der Waals surface area contributed by atoms with E-state index in [9.17, 15) is 0 Å². The lowest BCUT2D eigenvalue weighted by atomic mass is 9.60. The van der Waals surface area contributed by atoms with Crippen LogP contribution in [-0.2, 0) is 5.41 Å². The molecule has 0 amide bonds. The smallest absolute Gasteiger partial charge is 0.143 e. The van der Waals surface area contributed by atoms with Crippen LogP contribution in [0.1, 0.15) is 36.1 Å². The van der Waals surface area contributed by atoms with E-state index in [0.29, 0.717) is 0 Å². The van der Waals surface area contributed by atoms with Gasteiger partial charge in [0.15, 0.2) is 0 Å². The summed E-state index contributed by atoms with van der Waals surface area (Å²) in [6, 6.07) is 73.7. The fraction of sp³-hybridized carbons (Fsp3) is 0.0526. The van der Waals surface area contributed by atoms with E-state index in [1.54, 1.807) is 12.1 Å². The maximum absolute atomic E-state index is 16.0. The molecule has 0 aliphatic carbocycles. The minimum Gasteiger partial charge on any atom is -0.455 e. The van der Waals surface area contributed by atoms with Crippen LogP contribution in [0.5, 0.6) is 0 Å². The molecule has 0 N–H and O–H groups in total. The van der Waals surface area contributed by atoms with Crippen LogP contribution in [-0.4, -0.2) is 0 Å². The molecule has 1 aromatic heterocycles. The quantitative estimate of drug-likeness (QED) is 0.177. The van der Waals surface area contributed by atoms with Gasteiger partial charge in [0.2, 0.25) is 0 Å². The first-order valence-corrected chi connectivity index (χ1v) is 21.0. The van der Waals surface area contributed by atoms with E-state index in [2.05, 4.69) is 180 Å². The molecule has 9 aromatic carbocycles. The highest BCUT2D eigenvalue weighted by Gasteiger charge is 2.52. The monoisotopic (exact) mass is 788 g/mol. The lowest BCUT2D eigenvalue weighted by Crippen LogP contribution is -2.42. The summed E-state index contributed by atoms with van der Waals surface area (Å²) in [6.45, 7) is 4.00. The lowest BCUT2D eigenvalue weighted by molar-refractivity contribution is 0.617. The summed E-state index contributed by atoms with van der Waals surface area (Å²) in [7, 11) is 0. The molecule has 10 aromatic rings. The first kappa shape index (κ1) is 36.4. The van der Waals surface area contributed by atoms with Crippen LogP contribution in [0.4, 0.5) is 38.5 Å². The Hall–Kier alpha value is -7.69. The van der Waals surface area contributed by atoms with Crippen LogP contribution < -0.4 is 9.80 Å². The zero-order valence-corrected chi connectivity index (χ0v) is 33.9. The van der Waals surface area contributed by atoms with Crippen molar-refractivity contribution in [3.8, 4) is 22.3 Å². The highest BCUT2D eigenvalue weighted by atomic mass is 19.1. The van der Waals surface area contributed by atoms with Gasteiger partial charge in [0.05, 0.1) is 28.2 Å². The van der Waals surface area contributed by atoms with Gasteiger partial charge in [-0.1, -0.05) is 159 Å². The Kier molecular flexibility index (Phi) is 8.68. The average molecular weight is 789 g/mol. The van der Waals surface area contributed by atoms with Gasteiger partial charge < -0.3 is 14.2 Å². The molecule has 0 saturated carbocycles. The van der Waals surface area contributed by atoms with Gasteiger partial charge in [0, 0.05) is 27.7 Å². The third-order valence-electron chi connectivity index (χ3n) is 12.3. The number of furan rings is 1. The van der Waals surface area contributed by atoms with E-state index in [4.69, 9.17) is 4.42 Å². The van der Waals surface area contributed by atoms with Gasteiger partial charge >= 0.3 is 0 Å². The third-order valence-corrected chi connectivity index (χ3v) is 12.3. The number of halogens is 1. The van der Waals surface area contributed by atoms with Crippen LogP contribution in [0.3, 0.4) is 0 Å². The minimum absolute atomic E-state index is 0.273. The molecular weight excluding hydrogens is 748 g/mol. The summed E-state index contributed by atoms with van der Waals surface area (Å²) in [6.07, 6.45) is 0. The lowest BCUT2D eigenvalue weighted by Gasteiger charge is -2.51. The van der Waals surface area contributed by atoms with E-state index >= 15 is 4.39 Å². The van der Waals surface area contributed by atoms with Crippen LogP contribution in [0, 0.1) is 5.82 Å². The number of nitrogens with zero attached hydrogens (tertiary/aromatic N) is 2. The number of benzene rings is 9. The van der Waals surface area contributed by atoms with E-state index in [-0.39, 0.29) is 5.82 Å². The Bertz CT molecular complexity index is 3190. The Morgan fingerprint density at radius 3 is 1.48 bits per heavy atom. The van der Waals surface area contributed by atoms with Gasteiger partial charge in [0.1, 0.15) is 17.0 Å². The Morgan fingerprint density at radius 1 is 0.393 bits per heavy atom. The summed E-state index contributed by atoms with van der Waals surface area (Å²) in [5, 5.41) is 2.21. The molecule has 4 heteroatoms. The van der Waals surface area contributed by atoms with Gasteiger partial charge in [-0.2, -0.15) is 0 Å². The Balaban J connectivity index is 0.00000207. The fourth-order valence-electron chi connectivity index (χ4n) is 9.85. The molecule has 2 aliphatic rings. The number of rotatable bonds is 4. The molecule has 0 fully saturated rings. The van der Waals surface area contributed by atoms with E-state index in [1.165, 1.54) is 5.56 Å². The second-order valence-corrected chi connectivity index (χ2v) is 15.4. The third kappa shape index (κ3) is 5.49. The highest BCUT2D eigenvalue weighted by Crippen LogP contribution is 2.64. The summed E-state index contributed by atoms with van der Waals surface area (Å²) in [5.74, 6) is -0.273. The van der Waals surface area contributed by atoms with Crippen LogP contribution >= 0.6 is 0 Å². The number of para-hydroxylation sites is 5. The van der Waals surface area contributed by atoms with Gasteiger partial charge in [-0.3, -0.25) is 0 Å². The zero-order valence-electron chi connectivity index (χ0n) is 33.9. The van der Waals surface area contributed by atoms with Crippen molar-refractivity contribution in [3.05, 3.63) is 240 Å². The summed E-state index contributed by atoms with van der Waals surface area (Å²) in [5.41, 5.74) is 15.7. The molecule has 2 aliphatic heterocycles. The van der Waals surface area contributed by atoms with Crippen molar-refractivity contribution in [1.82, 2.24) is 0 Å². The first-order chi connectivity index (χ1) is 30.2. The number of hydrogen-bond donors (Lipinski definition) is 0. The molecule has 3 heterocycles. The van der Waals surface area contributed by atoms with Crippen molar-refractivity contribution in [3.63, 3.8) is 0 Å². The van der Waals surface area contributed by atoms with Crippen LogP contribution in [0.25, 0.3) is 44.2 Å². The second kappa shape index (κ2) is 14.5. The van der Waals surface area contributed by atoms with E-state index in [1.807, 2.05) is 44.2 Å². The van der Waals surface area contributed by atoms with Gasteiger partial charge in [-0.05, 0) is 106 Å². The van der Waals surface area contributed by atoms with Crippen LogP contribution in [0.15, 0.2) is 217 Å². The predicted octanol–water partition coefficient (Wildman–Crippen LogP) is 16.0. The van der Waals surface area contributed by atoms with Crippen molar-refractivity contribution in [2.75, 3.05) is 9.80 Å². The van der Waals surface area contributed by atoms with Crippen molar-refractivity contribution in [1.29, 1.82) is 0 Å². The molecule has 0 radical (unpaired) electrons. The van der Waals surface area contributed by atoms with Crippen molar-refractivity contribution in [2.24, 2.45) is 0 Å². The topological polar surface area (TPSA) is 19.6 Å². The van der Waals surface area contributed by atoms with Crippen LogP contribution in [0.2, 0.25) is 0 Å². The molecule has 292 valence electrons. The zero-order chi connectivity index (χ0) is 41.1. The largest absolute Gasteiger partial charge is 0.455 e. The second-order valence-electron chi connectivity index (χ2n) is 15.4. The maximum Gasteiger partial charge on any atom is 0.143 e. The predicted molar refractivity (Wildman–Crippen MR) is 251 cm³/mol. The SMILES string of the molecule is CC.Fc1ccc2c(c1)C1(c3ccccc3N(c3ccc(-c4ccccc4)cc3)c3ccccc31)c1ccccc1N2c1ccc(-c2cccc3c2oc2ccccc23)cc1.